The molecule has 3 heterocycles. The molecule has 5 amide bonds. The molecule has 1 aromatic carbocycles. The van der Waals surface area contributed by atoms with Crippen LogP contribution < -0.4 is 15.4 Å². The molecule has 18 nitrogen and oxygen atoms in total. The van der Waals surface area contributed by atoms with Crippen LogP contribution in [0.1, 0.15) is 83.1 Å². The molecule has 3 fully saturated rings. The van der Waals surface area contributed by atoms with Gasteiger partial charge in [0.1, 0.15) is 12.1 Å². The van der Waals surface area contributed by atoms with Gasteiger partial charge in [-0.25, -0.2) is 9.48 Å². The Morgan fingerprint density at radius 2 is 1.58 bits per heavy atom. The molecular formula is C39H53N7O11. The second-order valence-electron chi connectivity index (χ2n) is 15.2. The van der Waals surface area contributed by atoms with Crippen LogP contribution in [0.3, 0.4) is 0 Å². The lowest BCUT2D eigenvalue weighted by Crippen LogP contribution is -2.56. The number of hydrogen-bond acceptors (Lipinski definition) is 12. The van der Waals surface area contributed by atoms with Gasteiger partial charge in [0.25, 0.3) is 11.8 Å². The minimum atomic E-state index is -1.22. The predicted octanol–water partition coefficient (Wildman–Crippen LogP) is 2.18. The van der Waals surface area contributed by atoms with Gasteiger partial charge in [0.15, 0.2) is 12.3 Å². The van der Waals surface area contributed by atoms with Gasteiger partial charge in [-0.1, -0.05) is 18.2 Å². The zero-order valence-electron chi connectivity index (χ0n) is 33.0. The van der Waals surface area contributed by atoms with Gasteiger partial charge in [-0.05, 0) is 78.4 Å². The smallest absolute Gasteiger partial charge is 0.409 e. The van der Waals surface area contributed by atoms with Crippen molar-refractivity contribution in [3.05, 3.63) is 42.1 Å². The third-order valence-electron chi connectivity index (χ3n) is 9.96. The second-order valence-corrected chi connectivity index (χ2v) is 15.2. The van der Waals surface area contributed by atoms with Crippen LogP contribution in [0.4, 0.5) is 4.79 Å². The van der Waals surface area contributed by atoms with E-state index in [2.05, 4.69) is 15.7 Å². The molecule has 2 saturated heterocycles. The van der Waals surface area contributed by atoms with Crippen LogP contribution in [0.15, 0.2) is 36.4 Å². The van der Waals surface area contributed by atoms with Gasteiger partial charge in [-0.3, -0.25) is 28.8 Å². The van der Waals surface area contributed by atoms with E-state index in [1.807, 2.05) is 0 Å². The number of ether oxygens (including phenoxy) is 4. The first-order valence-electron chi connectivity index (χ1n) is 19.5. The van der Waals surface area contributed by atoms with Crippen molar-refractivity contribution >= 4 is 41.7 Å². The van der Waals surface area contributed by atoms with E-state index in [1.165, 1.54) is 25.4 Å². The summed E-state index contributed by atoms with van der Waals surface area (Å²) >= 11 is 0. The SMILES string of the molecule is CCOC(=O)N1CCN(C(=O)[C@H](CCC(=O)OCOC(=O)C(C)(C)C)NC(=O)c2cc(OCC(=O)N3CCC[C@H]3C(=O)NC3CCC3)n(-c3ccccc3)n2)CC1. The Morgan fingerprint density at radius 1 is 0.877 bits per heavy atom. The first-order chi connectivity index (χ1) is 27.2. The van der Waals surface area contributed by atoms with Crippen molar-refractivity contribution in [2.75, 3.05) is 52.7 Å². The van der Waals surface area contributed by atoms with E-state index in [9.17, 15) is 33.6 Å². The number of rotatable bonds is 15. The lowest BCUT2D eigenvalue weighted by Gasteiger charge is -2.35. The molecule has 0 spiro atoms. The van der Waals surface area contributed by atoms with Crippen LogP contribution >= 0.6 is 0 Å². The van der Waals surface area contributed by atoms with Gasteiger partial charge < -0.3 is 44.3 Å². The van der Waals surface area contributed by atoms with Crippen LogP contribution in [0.25, 0.3) is 5.69 Å². The third kappa shape index (κ3) is 11.4. The molecule has 2 aliphatic heterocycles. The highest BCUT2D eigenvalue weighted by molar-refractivity contribution is 5.96. The number of hydrogen-bond donors (Lipinski definition) is 2. The van der Waals surface area contributed by atoms with Gasteiger partial charge in [-0.2, -0.15) is 5.10 Å². The Bertz CT molecular complexity index is 1760. The maximum Gasteiger partial charge on any atom is 0.409 e. The summed E-state index contributed by atoms with van der Waals surface area (Å²) in [5, 5.41) is 10.2. The molecule has 0 radical (unpaired) electrons. The fourth-order valence-electron chi connectivity index (χ4n) is 6.47. The molecular weight excluding hydrogens is 742 g/mol. The summed E-state index contributed by atoms with van der Waals surface area (Å²) in [5.41, 5.74) is -0.412. The van der Waals surface area contributed by atoms with Gasteiger partial charge in [0, 0.05) is 51.3 Å². The number of carbonyl (C=O) groups is 7. The van der Waals surface area contributed by atoms with Crippen LogP contribution in [0, 0.1) is 5.41 Å². The van der Waals surface area contributed by atoms with Crippen molar-refractivity contribution in [1.29, 1.82) is 0 Å². The van der Waals surface area contributed by atoms with Gasteiger partial charge in [-0.15, -0.1) is 0 Å². The summed E-state index contributed by atoms with van der Waals surface area (Å²) in [7, 11) is 0. The Labute approximate surface area is 331 Å². The molecule has 18 heteroatoms. The zero-order valence-corrected chi connectivity index (χ0v) is 33.0. The summed E-state index contributed by atoms with van der Waals surface area (Å²) < 4.78 is 22.5. The summed E-state index contributed by atoms with van der Waals surface area (Å²) in [6, 6.07) is 8.48. The van der Waals surface area contributed by atoms with Crippen molar-refractivity contribution in [3.63, 3.8) is 0 Å². The summed E-state index contributed by atoms with van der Waals surface area (Å²) in [6.07, 6.45) is 3.20. The van der Waals surface area contributed by atoms with Crippen molar-refractivity contribution in [1.82, 2.24) is 35.1 Å². The third-order valence-corrected chi connectivity index (χ3v) is 9.96. The number of benzene rings is 1. The van der Waals surface area contributed by atoms with Crippen molar-refractivity contribution in [3.8, 4) is 11.6 Å². The summed E-state index contributed by atoms with van der Waals surface area (Å²) in [5.74, 6) is -3.06. The molecule has 5 rings (SSSR count). The largest absolute Gasteiger partial charge is 0.467 e. The van der Waals surface area contributed by atoms with Gasteiger partial charge >= 0.3 is 18.0 Å². The van der Waals surface area contributed by atoms with Crippen molar-refractivity contribution in [2.24, 2.45) is 5.41 Å². The van der Waals surface area contributed by atoms with E-state index in [-0.39, 0.29) is 75.1 Å². The monoisotopic (exact) mass is 795 g/mol. The molecule has 0 unspecified atom stereocenters. The molecule has 1 aliphatic carbocycles. The molecule has 3 aliphatic rings. The fourth-order valence-corrected chi connectivity index (χ4v) is 6.47. The molecule has 2 N–H and O–H groups in total. The van der Waals surface area contributed by atoms with Gasteiger partial charge in [0.2, 0.25) is 24.5 Å². The van der Waals surface area contributed by atoms with E-state index >= 15 is 0 Å². The number of amides is 5. The molecule has 0 bridgehead atoms. The Kier molecular flexibility index (Phi) is 14.5. The average Bonchev–Trinajstić information content (AvgIpc) is 3.85. The minimum absolute atomic E-state index is 0.0701. The van der Waals surface area contributed by atoms with E-state index in [0.717, 1.165) is 19.3 Å². The normalized spacial score (nSPS) is 17.5. The number of para-hydroxylation sites is 1. The van der Waals surface area contributed by atoms with E-state index in [1.54, 1.807) is 58.0 Å². The number of nitrogens with zero attached hydrogens (tertiary/aromatic N) is 5. The Balaban J connectivity index is 1.28. The minimum Gasteiger partial charge on any atom is -0.467 e. The van der Waals surface area contributed by atoms with E-state index in [4.69, 9.17) is 18.9 Å². The Hall–Kier alpha value is -5.68. The number of aromatic nitrogens is 2. The summed E-state index contributed by atoms with van der Waals surface area (Å²) in [6.45, 7) is 6.99. The highest BCUT2D eigenvalue weighted by Crippen LogP contribution is 2.24. The molecule has 57 heavy (non-hydrogen) atoms. The Morgan fingerprint density at radius 3 is 2.23 bits per heavy atom. The van der Waals surface area contributed by atoms with Crippen LogP contribution in [-0.4, -0.2) is 137 Å². The first-order valence-corrected chi connectivity index (χ1v) is 19.5. The maximum atomic E-state index is 13.9. The number of likely N-dealkylation sites (tertiary alicyclic amines) is 1. The molecule has 310 valence electrons. The lowest BCUT2D eigenvalue weighted by atomic mass is 9.93. The van der Waals surface area contributed by atoms with Crippen LogP contribution in [-0.2, 0) is 38.2 Å². The second kappa shape index (κ2) is 19.5. The lowest BCUT2D eigenvalue weighted by molar-refractivity contribution is -0.173. The highest BCUT2D eigenvalue weighted by Gasteiger charge is 2.36. The maximum absolute atomic E-state index is 13.9. The number of piperazine rings is 1. The first kappa shape index (κ1) is 42.5. The number of esters is 2. The topological polar surface area (TPSA) is 208 Å². The predicted molar refractivity (Wildman–Crippen MR) is 202 cm³/mol. The van der Waals surface area contributed by atoms with Crippen LogP contribution in [0.5, 0.6) is 5.88 Å². The zero-order chi connectivity index (χ0) is 41.1. The van der Waals surface area contributed by atoms with E-state index in [0.29, 0.717) is 25.1 Å². The molecule has 2 aromatic rings. The molecule has 1 saturated carbocycles. The van der Waals surface area contributed by atoms with E-state index < -0.39 is 60.7 Å². The number of carbonyl (C=O) groups excluding carboxylic acids is 7. The fraction of sp³-hybridized carbons (Fsp3) is 0.590. The van der Waals surface area contributed by atoms with Crippen LogP contribution in [0.2, 0.25) is 0 Å². The van der Waals surface area contributed by atoms with Crippen molar-refractivity contribution in [2.45, 2.75) is 90.8 Å². The highest BCUT2D eigenvalue weighted by atomic mass is 16.7. The molecule has 2 atom stereocenters. The number of nitrogens with one attached hydrogen (secondary N) is 2. The van der Waals surface area contributed by atoms with Gasteiger partial charge in [0.05, 0.1) is 17.7 Å². The summed E-state index contributed by atoms with van der Waals surface area (Å²) in [4.78, 5) is 95.5. The standard InChI is InChI=1S/C39H53N7O11/c1-5-54-38(53)44-21-19-43(20-22-44)36(51)28(16-17-33(48)56-25-57-37(52)39(2,3)4)41-34(49)29-23-32(46(42-29)27-13-7-6-8-14-27)55-24-31(47)45-18-10-15-30(45)35(50)40-26-11-9-12-26/h6-8,13-14,23,26,28,30H,5,9-12,15-22,24-25H2,1-4H3,(H,40,50)(H,41,49)/t28-,30-/m0/s1. The molecule has 1 aromatic heterocycles. The average molecular weight is 796 g/mol. The van der Waals surface area contributed by atoms with Crippen molar-refractivity contribution < 1.29 is 52.5 Å². The quantitative estimate of drug-likeness (QED) is 0.197.